The Morgan fingerprint density at radius 3 is 1.57 bits per heavy atom. The summed E-state index contributed by atoms with van der Waals surface area (Å²) in [5, 5.41) is 7.42. The standard InChI is InChI=1S/C2H4O2.Ir.NO/c1-2(3)4;;1-2/h1H3,(H,3,4);;/q;;-1. The number of nitrogens with zero attached hydrogens (tertiary/aromatic N) is 1. The van der Waals surface area contributed by atoms with E-state index in [4.69, 9.17) is 20.4 Å². The van der Waals surface area contributed by atoms with E-state index in [1.54, 1.807) is 0 Å². The average Bonchev–Trinajstić information content (AvgIpc) is 1.41. The summed E-state index contributed by atoms with van der Waals surface area (Å²) in [6.45, 7) is 1.08. The number of carboxylic acid groups (broad SMARTS) is 1. The van der Waals surface area contributed by atoms with Crippen LogP contribution in [-0.4, -0.2) is 11.1 Å². The number of carbonyl (C=O) groups is 1. The van der Waals surface area contributed by atoms with Crippen molar-refractivity contribution in [3.05, 3.63) is 10.5 Å². The molecule has 0 heterocycles. The molecule has 0 aliphatic heterocycles. The fraction of sp³-hybridized carbons (Fsp3) is 0.500. The van der Waals surface area contributed by atoms with Gasteiger partial charge >= 0.3 is 0 Å². The minimum atomic E-state index is -0.833. The van der Waals surface area contributed by atoms with Gasteiger partial charge in [0, 0.05) is 27.0 Å². The smallest absolute Gasteiger partial charge is 0.300 e. The normalized spacial score (nSPS) is 4.14. The monoisotopic (exact) mass is 283 g/mol. The molecule has 0 saturated heterocycles. The zero-order valence-electron chi connectivity index (χ0n) is 3.54. The molecule has 1 radical (unpaired) electrons. The predicted octanol–water partition coefficient (Wildman–Crippen LogP) is 0.411. The van der Waals surface area contributed by atoms with E-state index in [0.717, 1.165) is 6.92 Å². The summed E-state index contributed by atoms with van der Waals surface area (Å²) in [7, 11) is 0. The molecule has 0 bridgehead atoms. The van der Waals surface area contributed by atoms with Crippen molar-refractivity contribution >= 4 is 5.97 Å². The molecule has 0 aliphatic carbocycles. The quantitative estimate of drug-likeness (QED) is 0.699. The number of aliphatic carboxylic acids is 1. The first kappa shape index (κ1) is 15.9. The molecule has 0 amide bonds. The predicted molar refractivity (Wildman–Crippen MR) is 20.0 cm³/mol. The fourth-order valence-electron chi connectivity index (χ4n) is 0. The van der Waals surface area contributed by atoms with Crippen LogP contribution in [0.3, 0.4) is 0 Å². The Labute approximate surface area is 54.0 Å². The Morgan fingerprint density at radius 1 is 1.57 bits per heavy atom. The van der Waals surface area contributed by atoms with Gasteiger partial charge in [-0.25, -0.2) is 0 Å². The Bertz CT molecular complexity index is 44.2. The van der Waals surface area contributed by atoms with Crippen LogP contribution in [0.5, 0.6) is 0 Å². The minimum Gasteiger partial charge on any atom is -0.577 e. The Balaban J connectivity index is -0.0000000480. The third kappa shape index (κ3) is 1000. The molecule has 0 atom stereocenters. The number of hydrogen-bond acceptors (Lipinski definition) is 2. The van der Waals surface area contributed by atoms with Crippen molar-refractivity contribution in [2.45, 2.75) is 6.92 Å². The van der Waals surface area contributed by atoms with Crippen LogP contribution in [0.2, 0.25) is 0 Å². The van der Waals surface area contributed by atoms with Crippen molar-refractivity contribution in [1.29, 1.82) is 0 Å². The van der Waals surface area contributed by atoms with E-state index in [1.807, 2.05) is 0 Å². The van der Waals surface area contributed by atoms with Crippen LogP contribution < -0.4 is 0 Å². The largest absolute Gasteiger partial charge is 0.577 e. The molecular weight excluding hydrogens is 278 g/mol. The van der Waals surface area contributed by atoms with Crippen molar-refractivity contribution in [2.75, 3.05) is 0 Å². The van der Waals surface area contributed by atoms with Crippen LogP contribution in [0.1, 0.15) is 6.92 Å². The molecule has 4 nitrogen and oxygen atoms in total. The van der Waals surface area contributed by atoms with Gasteiger partial charge in [-0.1, -0.05) is 0 Å². The zero-order chi connectivity index (χ0) is 5.58. The van der Waals surface area contributed by atoms with E-state index in [9.17, 15) is 0 Å². The van der Waals surface area contributed by atoms with Crippen molar-refractivity contribution in [1.82, 2.24) is 0 Å². The summed E-state index contributed by atoms with van der Waals surface area (Å²) in [6, 6.07) is 0. The van der Waals surface area contributed by atoms with Gasteiger partial charge < -0.3 is 15.6 Å². The van der Waals surface area contributed by atoms with Gasteiger partial charge in [0.25, 0.3) is 5.97 Å². The Hall–Kier alpha value is -0.281. The third-order valence-electron chi connectivity index (χ3n) is 0. The molecule has 0 rings (SSSR count). The van der Waals surface area contributed by atoms with Gasteiger partial charge in [0.05, 0.1) is 0 Å². The van der Waals surface area contributed by atoms with Crippen molar-refractivity contribution in [2.24, 2.45) is 0 Å². The van der Waals surface area contributed by atoms with Gasteiger partial charge in [0.1, 0.15) is 0 Å². The number of carboxylic acids is 1. The van der Waals surface area contributed by atoms with E-state index < -0.39 is 5.97 Å². The summed E-state index contributed by atoms with van der Waals surface area (Å²) in [4.78, 5) is 16.2. The van der Waals surface area contributed by atoms with E-state index in [2.05, 4.69) is 0 Å². The van der Waals surface area contributed by atoms with Gasteiger partial charge in [0.2, 0.25) is 0 Å². The molecule has 7 heavy (non-hydrogen) atoms. The van der Waals surface area contributed by atoms with Crippen LogP contribution in [0, 0.1) is 4.91 Å². The average molecular weight is 282 g/mol. The maximum Gasteiger partial charge on any atom is 0.300 e. The third-order valence-corrected chi connectivity index (χ3v) is 0. The number of rotatable bonds is 0. The van der Waals surface area contributed by atoms with E-state index >= 15 is 0 Å². The second-order valence-electron chi connectivity index (χ2n) is 0.519. The Kier molecular flexibility index (Phi) is 39.1. The van der Waals surface area contributed by atoms with E-state index in [0.29, 0.717) is 0 Å². The van der Waals surface area contributed by atoms with Gasteiger partial charge in [0.15, 0.2) is 0 Å². The summed E-state index contributed by atoms with van der Waals surface area (Å²) in [5.41, 5.74) is 5.75. The van der Waals surface area contributed by atoms with Gasteiger partial charge in [-0.05, 0) is 0 Å². The summed E-state index contributed by atoms with van der Waals surface area (Å²) < 4.78 is 0. The molecule has 45 valence electrons. The second-order valence-corrected chi connectivity index (χ2v) is 0.519. The first-order valence-corrected chi connectivity index (χ1v) is 1.11. The molecule has 0 aliphatic rings. The van der Waals surface area contributed by atoms with Gasteiger partial charge in [-0.3, -0.25) is 4.79 Å². The van der Waals surface area contributed by atoms with Crippen molar-refractivity contribution in [3.63, 3.8) is 0 Å². The fourth-order valence-corrected chi connectivity index (χ4v) is 0. The van der Waals surface area contributed by atoms with Crippen molar-refractivity contribution < 1.29 is 30.0 Å². The SMILES string of the molecule is CC(=O)O.[Ir].[N-]=O. The first-order valence-electron chi connectivity index (χ1n) is 1.11. The molecule has 0 unspecified atom stereocenters. The zero-order valence-corrected chi connectivity index (χ0v) is 5.94. The molecule has 0 spiro atoms. The number of nitroso groups, excluding NO2 is 1. The molecule has 1 N–H and O–H groups in total. The minimum absolute atomic E-state index is 0. The molecule has 0 fully saturated rings. The maximum atomic E-state index is 9.00. The van der Waals surface area contributed by atoms with Gasteiger partial charge in [-0.2, -0.15) is 0 Å². The summed E-state index contributed by atoms with van der Waals surface area (Å²) >= 11 is 0. The second kappa shape index (κ2) is 17.2. The van der Waals surface area contributed by atoms with Crippen LogP contribution in [0.25, 0.3) is 5.59 Å². The molecule has 0 saturated carbocycles. The maximum absolute atomic E-state index is 9.00. The molecule has 0 aromatic carbocycles. The van der Waals surface area contributed by atoms with Crippen LogP contribution in [0.15, 0.2) is 0 Å². The van der Waals surface area contributed by atoms with Crippen molar-refractivity contribution in [3.8, 4) is 0 Å². The van der Waals surface area contributed by atoms with E-state index in [1.165, 1.54) is 0 Å². The molecule has 0 aromatic heterocycles. The van der Waals surface area contributed by atoms with E-state index in [-0.39, 0.29) is 20.1 Å². The summed E-state index contributed by atoms with van der Waals surface area (Å²) in [6.07, 6.45) is 0. The first-order chi connectivity index (χ1) is 2.73. The van der Waals surface area contributed by atoms with Crippen LogP contribution in [0.4, 0.5) is 0 Å². The molecule has 0 aromatic rings. The molecular formula is C2H4IrNO3-. The number of hydrogen-bond donors (Lipinski definition) is 1. The summed E-state index contributed by atoms with van der Waals surface area (Å²) in [5.74, 6) is -0.833. The topological polar surface area (TPSA) is 76.7 Å². The van der Waals surface area contributed by atoms with Gasteiger partial charge in [-0.15, -0.1) is 0 Å². The Morgan fingerprint density at radius 2 is 1.57 bits per heavy atom. The van der Waals surface area contributed by atoms with Crippen LogP contribution >= 0.6 is 0 Å². The molecule has 5 heteroatoms. The van der Waals surface area contributed by atoms with Crippen LogP contribution in [-0.2, 0) is 24.9 Å².